The Balaban J connectivity index is 3.04. The molecule has 0 heterocycles. The minimum Gasteiger partial charge on any atom is -0.450 e. The number of carbonyl (C=O) groups is 2. The summed E-state index contributed by atoms with van der Waals surface area (Å²) in [6.45, 7) is 5.14. The monoisotopic (exact) mass is 323 g/mol. The highest BCUT2D eigenvalue weighted by Crippen LogP contribution is 2.26. The predicted octanol–water partition coefficient (Wildman–Crippen LogP) is 2.78. The molecule has 0 saturated carbocycles. The number of amides is 2. The minimum atomic E-state index is -0.559. The summed E-state index contributed by atoms with van der Waals surface area (Å²) >= 11 is 0. The molecule has 1 N–H and O–H groups in total. The Morgan fingerprint density at radius 3 is 2.30 bits per heavy atom. The number of nitrogens with one attached hydrogen (secondary N) is 1. The number of hydrogen-bond donors (Lipinski definition) is 1. The van der Waals surface area contributed by atoms with Crippen LogP contribution in [0.5, 0.6) is 0 Å². The zero-order chi connectivity index (χ0) is 17.2. The summed E-state index contributed by atoms with van der Waals surface area (Å²) in [5.74, 6) is 0. The van der Waals surface area contributed by atoms with Crippen molar-refractivity contribution in [3.63, 3.8) is 0 Å². The van der Waals surface area contributed by atoms with E-state index in [0.717, 1.165) is 0 Å². The van der Waals surface area contributed by atoms with Crippen LogP contribution >= 0.6 is 0 Å². The normalized spacial score (nSPS) is 10.3. The third-order valence-corrected chi connectivity index (χ3v) is 2.97. The van der Waals surface area contributed by atoms with Gasteiger partial charge in [0.05, 0.1) is 24.6 Å². The van der Waals surface area contributed by atoms with Crippen molar-refractivity contribution in [3.8, 4) is 0 Å². The highest BCUT2D eigenvalue weighted by molar-refractivity contribution is 5.96. The molecule has 128 valence electrons. The van der Waals surface area contributed by atoms with E-state index in [1.807, 2.05) is 19.0 Å². The number of carbonyl (C=O) groups excluding carboxylic acids is 2. The third kappa shape index (κ3) is 6.15. The molecular weight excluding hydrogens is 298 g/mol. The highest BCUT2D eigenvalue weighted by Gasteiger charge is 2.20. The number of likely N-dealkylation sites (N-methyl/N-ethyl adjacent to an activating group) is 1. The molecule has 0 spiro atoms. The summed E-state index contributed by atoms with van der Waals surface area (Å²) < 4.78 is 10.0. The SMILES string of the molecule is CCOC(=O)Nc1ccccc1N(CCN(C)C)C(=O)OCC. The van der Waals surface area contributed by atoms with Crippen LogP contribution in [0.3, 0.4) is 0 Å². The molecule has 0 unspecified atom stereocenters. The van der Waals surface area contributed by atoms with Crippen molar-refractivity contribution in [2.75, 3.05) is 50.6 Å². The maximum absolute atomic E-state index is 12.3. The zero-order valence-corrected chi connectivity index (χ0v) is 14.2. The van der Waals surface area contributed by atoms with E-state index in [2.05, 4.69) is 5.32 Å². The number of anilines is 2. The van der Waals surface area contributed by atoms with Gasteiger partial charge in [-0.15, -0.1) is 0 Å². The number of nitrogens with zero attached hydrogens (tertiary/aromatic N) is 2. The number of para-hydroxylation sites is 2. The molecule has 0 aliphatic rings. The largest absolute Gasteiger partial charge is 0.450 e. The Labute approximate surface area is 137 Å². The molecule has 0 fully saturated rings. The summed E-state index contributed by atoms with van der Waals surface area (Å²) in [5.41, 5.74) is 1.07. The fourth-order valence-electron chi connectivity index (χ4n) is 1.90. The van der Waals surface area contributed by atoms with Crippen molar-refractivity contribution in [1.29, 1.82) is 0 Å². The lowest BCUT2D eigenvalue weighted by atomic mass is 10.2. The van der Waals surface area contributed by atoms with Gasteiger partial charge in [0.25, 0.3) is 0 Å². The van der Waals surface area contributed by atoms with Gasteiger partial charge in [-0.25, -0.2) is 9.59 Å². The van der Waals surface area contributed by atoms with Gasteiger partial charge in [0.1, 0.15) is 0 Å². The second-order valence-corrected chi connectivity index (χ2v) is 5.02. The van der Waals surface area contributed by atoms with E-state index in [1.54, 1.807) is 38.1 Å². The number of ether oxygens (including phenoxy) is 2. The number of rotatable bonds is 7. The lowest BCUT2D eigenvalue weighted by Gasteiger charge is -2.25. The Morgan fingerprint density at radius 1 is 1.04 bits per heavy atom. The van der Waals surface area contributed by atoms with E-state index in [0.29, 0.717) is 24.5 Å². The first kappa shape index (κ1) is 18.8. The topological polar surface area (TPSA) is 71.1 Å². The second-order valence-electron chi connectivity index (χ2n) is 5.02. The van der Waals surface area contributed by atoms with Crippen LogP contribution in [0.4, 0.5) is 21.0 Å². The van der Waals surface area contributed by atoms with Crippen LogP contribution in [0.2, 0.25) is 0 Å². The molecule has 7 heteroatoms. The van der Waals surface area contributed by atoms with Crippen LogP contribution in [0.1, 0.15) is 13.8 Å². The van der Waals surface area contributed by atoms with E-state index < -0.39 is 12.2 Å². The second kappa shape index (κ2) is 9.68. The quantitative estimate of drug-likeness (QED) is 0.835. The van der Waals surface area contributed by atoms with Crippen molar-refractivity contribution in [3.05, 3.63) is 24.3 Å². The maximum atomic E-state index is 12.3. The molecule has 0 saturated heterocycles. The van der Waals surface area contributed by atoms with Gasteiger partial charge in [0, 0.05) is 13.1 Å². The van der Waals surface area contributed by atoms with Crippen LogP contribution in [0.15, 0.2) is 24.3 Å². The van der Waals surface area contributed by atoms with Gasteiger partial charge >= 0.3 is 12.2 Å². The Morgan fingerprint density at radius 2 is 1.70 bits per heavy atom. The van der Waals surface area contributed by atoms with E-state index in [-0.39, 0.29) is 13.2 Å². The van der Waals surface area contributed by atoms with E-state index in [1.165, 1.54) is 4.90 Å². The van der Waals surface area contributed by atoms with E-state index in [9.17, 15) is 9.59 Å². The Bertz CT molecular complexity index is 520. The fourth-order valence-corrected chi connectivity index (χ4v) is 1.90. The van der Waals surface area contributed by atoms with Crippen molar-refractivity contribution in [2.24, 2.45) is 0 Å². The van der Waals surface area contributed by atoms with Crippen LogP contribution in [0.25, 0.3) is 0 Å². The summed E-state index contributed by atoms with van der Waals surface area (Å²) in [6, 6.07) is 7.05. The summed E-state index contributed by atoms with van der Waals surface area (Å²) in [5, 5.41) is 2.65. The molecule has 0 aliphatic carbocycles. The van der Waals surface area contributed by atoms with Gasteiger partial charge in [-0.1, -0.05) is 12.1 Å². The maximum Gasteiger partial charge on any atom is 0.414 e. The summed E-state index contributed by atoms with van der Waals surface area (Å²) in [7, 11) is 3.85. The van der Waals surface area contributed by atoms with E-state index in [4.69, 9.17) is 9.47 Å². The first-order valence-corrected chi connectivity index (χ1v) is 7.61. The van der Waals surface area contributed by atoms with Gasteiger partial charge in [-0.05, 0) is 40.1 Å². The van der Waals surface area contributed by atoms with Gasteiger partial charge in [0.15, 0.2) is 0 Å². The van der Waals surface area contributed by atoms with Crippen LogP contribution in [0, 0.1) is 0 Å². The number of hydrogen-bond acceptors (Lipinski definition) is 5. The number of benzene rings is 1. The molecule has 2 amide bonds. The standard InChI is InChI=1S/C16H25N3O4/c1-5-22-15(20)17-13-9-7-8-10-14(13)19(12-11-18(3)4)16(21)23-6-2/h7-10H,5-6,11-12H2,1-4H3,(H,17,20). The highest BCUT2D eigenvalue weighted by atomic mass is 16.6. The van der Waals surface area contributed by atoms with Gasteiger partial charge in [0.2, 0.25) is 0 Å². The molecule has 7 nitrogen and oxygen atoms in total. The van der Waals surface area contributed by atoms with E-state index >= 15 is 0 Å². The van der Waals surface area contributed by atoms with Crippen molar-refractivity contribution in [2.45, 2.75) is 13.8 Å². The lowest BCUT2D eigenvalue weighted by molar-refractivity contribution is 0.159. The van der Waals surface area contributed by atoms with Gasteiger partial charge in [-0.3, -0.25) is 10.2 Å². The lowest BCUT2D eigenvalue weighted by Crippen LogP contribution is -2.37. The average Bonchev–Trinajstić information content (AvgIpc) is 2.49. The van der Waals surface area contributed by atoms with Crippen molar-refractivity contribution < 1.29 is 19.1 Å². The van der Waals surface area contributed by atoms with Gasteiger partial charge < -0.3 is 14.4 Å². The smallest absolute Gasteiger partial charge is 0.414 e. The predicted molar refractivity (Wildman–Crippen MR) is 90.0 cm³/mol. The summed E-state index contributed by atoms with van der Waals surface area (Å²) in [6.07, 6.45) is -1.01. The molecule has 1 aromatic carbocycles. The average molecular weight is 323 g/mol. The van der Waals surface area contributed by atoms with Crippen LogP contribution in [-0.4, -0.2) is 57.5 Å². The molecule has 23 heavy (non-hydrogen) atoms. The Hall–Kier alpha value is -2.28. The van der Waals surface area contributed by atoms with Crippen molar-refractivity contribution in [1.82, 2.24) is 4.90 Å². The molecule has 0 aliphatic heterocycles. The molecule has 0 atom stereocenters. The van der Waals surface area contributed by atoms with Crippen LogP contribution in [-0.2, 0) is 9.47 Å². The Kier molecular flexibility index (Phi) is 7.90. The summed E-state index contributed by atoms with van der Waals surface area (Å²) in [4.78, 5) is 27.4. The molecule has 0 aromatic heterocycles. The molecule has 1 rings (SSSR count). The first-order chi connectivity index (χ1) is 11.0. The minimum absolute atomic E-state index is 0.274. The molecular formula is C16H25N3O4. The molecule has 0 radical (unpaired) electrons. The first-order valence-electron chi connectivity index (χ1n) is 7.61. The molecule has 1 aromatic rings. The van der Waals surface area contributed by atoms with Gasteiger partial charge in [-0.2, -0.15) is 0 Å². The van der Waals surface area contributed by atoms with Crippen molar-refractivity contribution >= 4 is 23.6 Å². The molecule has 0 bridgehead atoms. The fraction of sp³-hybridized carbons (Fsp3) is 0.500. The van der Waals surface area contributed by atoms with Crippen LogP contribution < -0.4 is 10.2 Å². The third-order valence-electron chi connectivity index (χ3n) is 2.97. The zero-order valence-electron chi connectivity index (χ0n) is 14.2.